The van der Waals surface area contributed by atoms with Crippen molar-refractivity contribution in [3.63, 3.8) is 0 Å². The Labute approximate surface area is 197 Å². The molecule has 0 aliphatic carbocycles. The number of sulfonamides is 1. The average Bonchev–Trinajstić information content (AvgIpc) is 3.28. The maximum Gasteiger partial charge on any atom is 0.244 e. The van der Waals surface area contributed by atoms with Crippen molar-refractivity contribution >= 4 is 15.9 Å². The van der Waals surface area contributed by atoms with E-state index in [0.29, 0.717) is 24.2 Å². The fourth-order valence-corrected chi connectivity index (χ4v) is 5.80. The molecule has 1 aliphatic rings. The van der Waals surface area contributed by atoms with Crippen LogP contribution in [0, 0.1) is 23.1 Å². The Balaban J connectivity index is 1.49. The van der Waals surface area contributed by atoms with Gasteiger partial charge in [-0.1, -0.05) is 30.3 Å². The number of rotatable bonds is 6. The van der Waals surface area contributed by atoms with Gasteiger partial charge in [-0.3, -0.25) is 4.79 Å². The van der Waals surface area contributed by atoms with Gasteiger partial charge in [-0.25, -0.2) is 17.8 Å². The number of nitrogens with one attached hydrogen (secondary N) is 1. The standard InChI is InChI=1S/C24H24FN5O3S/c1-29-15-12-27-23(29)22(19-7-3-4-8-20(19)25)28-24(31)17-10-13-30(14-11-17)34(32,33)21-9-5-2-6-18(21)16-26/h2-9,12,15,17,22H,10-11,13-14H2,1H3,(H,28,31)/t22-/m0/s1. The summed E-state index contributed by atoms with van der Waals surface area (Å²) in [5, 5.41) is 12.2. The van der Waals surface area contributed by atoms with Crippen LogP contribution in [0.1, 0.15) is 35.8 Å². The number of hydrogen-bond acceptors (Lipinski definition) is 5. The molecule has 1 saturated heterocycles. The van der Waals surface area contributed by atoms with Crippen molar-refractivity contribution in [3.8, 4) is 6.07 Å². The lowest BCUT2D eigenvalue weighted by Gasteiger charge is -2.31. The van der Waals surface area contributed by atoms with Crippen molar-refractivity contribution in [1.29, 1.82) is 5.26 Å². The van der Waals surface area contributed by atoms with E-state index in [1.807, 2.05) is 6.07 Å². The van der Waals surface area contributed by atoms with E-state index in [2.05, 4.69) is 10.3 Å². The van der Waals surface area contributed by atoms with E-state index in [-0.39, 0.29) is 29.5 Å². The Morgan fingerprint density at radius 3 is 2.50 bits per heavy atom. The predicted molar refractivity (Wildman–Crippen MR) is 122 cm³/mol. The lowest BCUT2D eigenvalue weighted by Crippen LogP contribution is -2.44. The molecule has 0 unspecified atom stereocenters. The van der Waals surface area contributed by atoms with E-state index >= 15 is 0 Å². The molecule has 0 spiro atoms. The molecule has 0 radical (unpaired) electrons. The number of carbonyl (C=O) groups is 1. The second kappa shape index (κ2) is 9.75. The summed E-state index contributed by atoms with van der Waals surface area (Å²) in [6.07, 6.45) is 3.92. The van der Waals surface area contributed by atoms with Gasteiger partial charge in [0.2, 0.25) is 15.9 Å². The number of aromatic nitrogens is 2. The van der Waals surface area contributed by atoms with Gasteiger partial charge in [0.25, 0.3) is 0 Å². The minimum atomic E-state index is -3.85. The molecule has 176 valence electrons. The van der Waals surface area contributed by atoms with Crippen LogP contribution in [-0.2, 0) is 21.9 Å². The number of halogens is 1. The first-order chi connectivity index (χ1) is 16.3. The molecule has 1 atom stereocenters. The zero-order chi connectivity index (χ0) is 24.3. The Hall–Kier alpha value is -3.55. The molecular weight excluding hydrogens is 457 g/mol. The zero-order valence-corrected chi connectivity index (χ0v) is 19.4. The highest BCUT2D eigenvalue weighted by Gasteiger charge is 2.34. The predicted octanol–water partition coefficient (Wildman–Crippen LogP) is 2.74. The molecule has 1 N–H and O–H groups in total. The Bertz CT molecular complexity index is 1340. The number of amides is 1. The van der Waals surface area contributed by atoms with Crippen LogP contribution >= 0.6 is 0 Å². The average molecular weight is 482 g/mol. The fourth-order valence-electron chi connectivity index (χ4n) is 4.19. The minimum absolute atomic E-state index is 0.0326. The van der Waals surface area contributed by atoms with Crippen LogP contribution in [0.5, 0.6) is 0 Å². The quantitative estimate of drug-likeness (QED) is 0.583. The maximum atomic E-state index is 14.6. The summed E-state index contributed by atoms with van der Waals surface area (Å²) in [5.74, 6) is -0.683. The summed E-state index contributed by atoms with van der Waals surface area (Å²) in [6.45, 7) is 0.292. The number of benzene rings is 2. The molecule has 1 aliphatic heterocycles. The number of carbonyl (C=O) groups excluding carboxylic acids is 1. The molecule has 1 fully saturated rings. The molecular formula is C24H24FN5O3S. The van der Waals surface area contributed by atoms with Gasteiger partial charge in [0.05, 0.1) is 10.5 Å². The van der Waals surface area contributed by atoms with Gasteiger partial charge in [-0.15, -0.1) is 0 Å². The number of piperidine rings is 1. The Morgan fingerprint density at radius 2 is 1.85 bits per heavy atom. The normalized spacial score (nSPS) is 16.0. The van der Waals surface area contributed by atoms with Crippen molar-refractivity contribution in [2.24, 2.45) is 13.0 Å². The monoisotopic (exact) mass is 481 g/mol. The molecule has 1 aromatic heterocycles. The van der Waals surface area contributed by atoms with E-state index < -0.39 is 27.8 Å². The third-order valence-electron chi connectivity index (χ3n) is 6.07. The molecule has 1 amide bonds. The van der Waals surface area contributed by atoms with Crippen molar-refractivity contribution in [1.82, 2.24) is 19.2 Å². The Kier molecular flexibility index (Phi) is 6.77. The highest BCUT2D eigenvalue weighted by atomic mass is 32.2. The van der Waals surface area contributed by atoms with E-state index in [0.717, 1.165) is 0 Å². The summed E-state index contributed by atoms with van der Waals surface area (Å²) in [7, 11) is -2.08. The molecule has 2 heterocycles. The zero-order valence-electron chi connectivity index (χ0n) is 18.6. The fraction of sp³-hybridized carbons (Fsp3) is 0.292. The van der Waals surface area contributed by atoms with Crippen molar-refractivity contribution in [3.05, 3.63) is 83.7 Å². The summed E-state index contributed by atoms with van der Waals surface area (Å²) in [5.41, 5.74) is 0.392. The van der Waals surface area contributed by atoms with Gasteiger partial charge in [0.1, 0.15) is 23.8 Å². The number of hydrogen-bond donors (Lipinski definition) is 1. The van der Waals surface area contributed by atoms with Crippen LogP contribution in [-0.4, -0.2) is 41.3 Å². The van der Waals surface area contributed by atoms with Gasteiger partial charge in [0, 0.05) is 44.0 Å². The maximum absolute atomic E-state index is 14.6. The van der Waals surface area contributed by atoms with Crippen LogP contribution in [0.25, 0.3) is 0 Å². The summed E-state index contributed by atoms with van der Waals surface area (Å²) in [4.78, 5) is 17.4. The third-order valence-corrected chi connectivity index (χ3v) is 8.03. The molecule has 34 heavy (non-hydrogen) atoms. The molecule has 4 rings (SSSR count). The van der Waals surface area contributed by atoms with E-state index in [9.17, 15) is 22.9 Å². The van der Waals surface area contributed by atoms with Crippen LogP contribution in [0.3, 0.4) is 0 Å². The lowest BCUT2D eigenvalue weighted by atomic mass is 9.96. The molecule has 8 nitrogen and oxygen atoms in total. The second-order valence-electron chi connectivity index (χ2n) is 8.15. The smallest absolute Gasteiger partial charge is 0.244 e. The summed E-state index contributed by atoms with van der Waals surface area (Å²) >= 11 is 0. The third kappa shape index (κ3) is 4.58. The minimum Gasteiger partial charge on any atom is -0.342 e. The highest BCUT2D eigenvalue weighted by molar-refractivity contribution is 7.89. The first-order valence-electron chi connectivity index (χ1n) is 10.8. The largest absolute Gasteiger partial charge is 0.342 e. The van der Waals surface area contributed by atoms with E-state index in [1.54, 1.807) is 54.3 Å². The number of aryl methyl sites for hydroxylation is 1. The second-order valence-corrected chi connectivity index (χ2v) is 10.1. The first kappa shape index (κ1) is 23.6. The molecule has 10 heteroatoms. The van der Waals surface area contributed by atoms with Gasteiger partial charge in [-0.05, 0) is 31.0 Å². The first-order valence-corrected chi connectivity index (χ1v) is 12.3. The van der Waals surface area contributed by atoms with Gasteiger partial charge < -0.3 is 9.88 Å². The van der Waals surface area contributed by atoms with Gasteiger partial charge in [0.15, 0.2) is 0 Å². The van der Waals surface area contributed by atoms with Gasteiger partial charge in [-0.2, -0.15) is 9.57 Å². The topological polar surface area (TPSA) is 108 Å². The van der Waals surface area contributed by atoms with Crippen molar-refractivity contribution < 1.29 is 17.6 Å². The summed E-state index contributed by atoms with van der Waals surface area (Å²) in [6, 6.07) is 13.4. The highest BCUT2D eigenvalue weighted by Crippen LogP contribution is 2.28. The molecule has 0 bridgehead atoms. The number of nitrogens with zero attached hydrogens (tertiary/aromatic N) is 4. The van der Waals surface area contributed by atoms with Crippen LogP contribution in [0.4, 0.5) is 4.39 Å². The summed E-state index contributed by atoms with van der Waals surface area (Å²) < 4.78 is 43.7. The van der Waals surface area contributed by atoms with Crippen molar-refractivity contribution in [2.45, 2.75) is 23.8 Å². The van der Waals surface area contributed by atoms with Crippen LogP contribution < -0.4 is 5.32 Å². The van der Waals surface area contributed by atoms with Crippen LogP contribution in [0.15, 0.2) is 65.8 Å². The van der Waals surface area contributed by atoms with E-state index in [4.69, 9.17) is 0 Å². The molecule has 2 aromatic carbocycles. The molecule has 3 aromatic rings. The van der Waals surface area contributed by atoms with Crippen molar-refractivity contribution in [2.75, 3.05) is 13.1 Å². The lowest BCUT2D eigenvalue weighted by molar-refractivity contribution is -0.126. The van der Waals surface area contributed by atoms with E-state index in [1.165, 1.54) is 22.5 Å². The molecule has 0 saturated carbocycles. The Morgan fingerprint density at radius 1 is 1.18 bits per heavy atom. The van der Waals surface area contributed by atoms with Crippen LogP contribution in [0.2, 0.25) is 0 Å². The number of imidazole rings is 1. The SMILES string of the molecule is Cn1ccnc1[C@@H](NC(=O)C1CCN(S(=O)(=O)c2ccccc2C#N)CC1)c1ccccc1F. The number of nitriles is 1. The van der Waals surface area contributed by atoms with Gasteiger partial charge >= 0.3 is 0 Å².